The van der Waals surface area contributed by atoms with Crippen LogP contribution in [0.25, 0.3) is 5.76 Å². The minimum absolute atomic E-state index is 0.0270. The van der Waals surface area contributed by atoms with Gasteiger partial charge in [0.05, 0.1) is 30.0 Å². The van der Waals surface area contributed by atoms with Gasteiger partial charge in [-0.15, -0.1) is 11.3 Å². The second kappa shape index (κ2) is 7.92. The topological polar surface area (TPSA) is 92.6 Å². The van der Waals surface area contributed by atoms with Crippen molar-refractivity contribution in [3.63, 3.8) is 0 Å². The van der Waals surface area contributed by atoms with E-state index < -0.39 is 29.3 Å². The van der Waals surface area contributed by atoms with Crippen LogP contribution in [0.2, 0.25) is 0 Å². The van der Waals surface area contributed by atoms with Crippen molar-refractivity contribution < 1.29 is 23.8 Å². The summed E-state index contributed by atoms with van der Waals surface area (Å²) in [6.45, 7) is 3.67. The third kappa shape index (κ3) is 3.46. The molecule has 3 aromatic rings. The van der Waals surface area contributed by atoms with Crippen molar-refractivity contribution in [2.45, 2.75) is 19.9 Å². The van der Waals surface area contributed by atoms with Crippen LogP contribution in [-0.2, 0) is 9.59 Å². The van der Waals surface area contributed by atoms with Gasteiger partial charge in [-0.25, -0.2) is 9.37 Å². The number of Topliss-reactive ketones (excluding diaryl/α,β-unsaturated/α-hetero) is 1. The lowest BCUT2D eigenvalue weighted by atomic mass is 9.96. The molecule has 1 aromatic carbocycles. The summed E-state index contributed by atoms with van der Waals surface area (Å²) in [6, 6.07) is 5.95. The number of aliphatic hydroxyl groups is 1. The highest BCUT2D eigenvalue weighted by Gasteiger charge is 2.48. The largest absolute Gasteiger partial charge is 0.507 e. The summed E-state index contributed by atoms with van der Waals surface area (Å²) < 4.78 is 19.2. The number of amides is 1. The van der Waals surface area contributed by atoms with Gasteiger partial charge < -0.3 is 9.84 Å². The van der Waals surface area contributed by atoms with Crippen LogP contribution < -0.4 is 9.64 Å². The molecule has 1 unspecified atom stereocenters. The molecule has 4 rings (SSSR count). The molecule has 158 valence electrons. The normalized spacial score (nSPS) is 17.9. The number of rotatable bonds is 4. The summed E-state index contributed by atoms with van der Waals surface area (Å²) in [6.07, 6.45) is 3.07. The predicted molar refractivity (Wildman–Crippen MR) is 114 cm³/mol. The number of benzene rings is 1. The highest BCUT2D eigenvalue weighted by Crippen LogP contribution is 2.44. The zero-order valence-corrected chi connectivity index (χ0v) is 17.7. The van der Waals surface area contributed by atoms with Crippen molar-refractivity contribution in [3.8, 4) is 5.75 Å². The number of pyridine rings is 1. The van der Waals surface area contributed by atoms with E-state index in [0.717, 1.165) is 16.6 Å². The Bertz CT molecular complexity index is 1200. The van der Waals surface area contributed by atoms with Gasteiger partial charge in [-0.3, -0.25) is 19.5 Å². The number of ketones is 1. The lowest BCUT2D eigenvalue weighted by Gasteiger charge is -2.22. The van der Waals surface area contributed by atoms with Crippen molar-refractivity contribution in [2.24, 2.45) is 0 Å². The SMILES string of the molecule is COc1ccc(F)cc1C(O)=C1C(=O)C(=O)N(c2nc(C)c(C)s2)C1c1cccnc1. The van der Waals surface area contributed by atoms with E-state index in [2.05, 4.69) is 9.97 Å². The molecule has 1 aliphatic heterocycles. The molecule has 0 saturated carbocycles. The molecule has 0 aliphatic carbocycles. The maximum Gasteiger partial charge on any atom is 0.301 e. The third-order valence-electron chi connectivity index (χ3n) is 5.08. The van der Waals surface area contributed by atoms with Gasteiger partial charge in [0, 0.05) is 17.3 Å². The molecule has 0 bridgehead atoms. The number of thiazole rings is 1. The third-order valence-corrected chi connectivity index (χ3v) is 6.16. The molecule has 31 heavy (non-hydrogen) atoms. The van der Waals surface area contributed by atoms with Gasteiger partial charge >= 0.3 is 5.91 Å². The fraction of sp³-hybridized carbons (Fsp3) is 0.182. The average Bonchev–Trinajstić information content (AvgIpc) is 3.23. The second-order valence-corrected chi connectivity index (χ2v) is 8.12. The van der Waals surface area contributed by atoms with E-state index in [1.807, 2.05) is 13.8 Å². The number of hydrogen-bond donors (Lipinski definition) is 1. The van der Waals surface area contributed by atoms with Gasteiger partial charge in [-0.05, 0) is 43.7 Å². The maximum absolute atomic E-state index is 13.9. The number of nitrogens with zero attached hydrogens (tertiary/aromatic N) is 3. The van der Waals surface area contributed by atoms with Gasteiger partial charge in [0.2, 0.25) is 0 Å². The number of carbonyl (C=O) groups excluding carboxylic acids is 2. The Balaban J connectivity index is 1.98. The zero-order valence-electron chi connectivity index (χ0n) is 16.9. The molecular weight excluding hydrogens is 421 g/mol. The van der Waals surface area contributed by atoms with Gasteiger partial charge in [0.25, 0.3) is 5.78 Å². The van der Waals surface area contributed by atoms with E-state index in [4.69, 9.17) is 4.74 Å². The predicted octanol–water partition coefficient (Wildman–Crippen LogP) is 3.93. The van der Waals surface area contributed by atoms with Crippen molar-refractivity contribution in [3.05, 3.63) is 75.8 Å². The highest BCUT2D eigenvalue weighted by atomic mass is 32.1. The fourth-order valence-electron chi connectivity index (χ4n) is 3.45. The number of halogens is 1. The standard InChI is InChI=1S/C22H18FN3O4S/c1-11-12(2)31-22(25-11)26-18(13-5-4-8-24-10-13)17(20(28)21(26)29)19(27)15-9-14(23)6-7-16(15)30-3/h4-10,18,27H,1-3H3. The molecule has 3 heterocycles. The van der Waals surface area contributed by atoms with Crippen molar-refractivity contribution >= 4 is 33.9 Å². The molecule has 9 heteroatoms. The van der Waals surface area contributed by atoms with Crippen LogP contribution in [0.1, 0.15) is 27.7 Å². The Labute approximate surface area is 181 Å². The first kappa shape index (κ1) is 20.7. The molecule has 0 spiro atoms. The molecule has 7 nitrogen and oxygen atoms in total. The molecule has 1 fully saturated rings. The maximum atomic E-state index is 13.9. The molecule has 1 atom stereocenters. The van der Waals surface area contributed by atoms with E-state index in [1.54, 1.807) is 18.3 Å². The Kier molecular flexibility index (Phi) is 5.28. The molecule has 1 saturated heterocycles. The monoisotopic (exact) mass is 439 g/mol. The minimum Gasteiger partial charge on any atom is -0.507 e. The van der Waals surface area contributed by atoms with E-state index in [9.17, 15) is 19.1 Å². The van der Waals surface area contributed by atoms with E-state index >= 15 is 0 Å². The molecular formula is C22H18FN3O4S. The number of aryl methyl sites for hydroxylation is 2. The number of aromatic nitrogens is 2. The summed E-state index contributed by atoms with van der Waals surface area (Å²) in [4.78, 5) is 36.8. The van der Waals surface area contributed by atoms with Crippen LogP contribution in [0, 0.1) is 19.7 Å². The van der Waals surface area contributed by atoms with Gasteiger partial charge in [0.1, 0.15) is 17.3 Å². The lowest BCUT2D eigenvalue weighted by molar-refractivity contribution is -0.132. The first-order valence-corrected chi connectivity index (χ1v) is 10.1. The average molecular weight is 439 g/mol. The van der Waals surface area contributed by atoms with Crippen molar-refractivity contribution in [1.29, 1.82) is 0 Å². The fourth-order valence-corrected chi connectivity index (χ4v) is 4.39. The number of hydrogen-bond acceptors (Lipinski definition) is 7. The number of ether oxygens (including phenoxy) is 1. The van der Waals surface area contributed by atoms with Crippen LogP contribution >= 0.6 is 11.3 Å². The Hall–Kier alpha value is -3.59. The molecule has 1 amide bonds. The van der Waals surface area contributed by atoms with Crippen LogP contribution in [0.3, 0.4) is 0 Å². The first-order chi connectivity index (χ1) is 14.8. The highest BCUT2D eigenvalue weighted by molar-refractivity contribution is 7.16. The Morgan fingerprint density at radius 3 is 2.65 bits per heavy atom. The second-order valence-electron chi connectivity index (χ2n) is 6.94. The van der Waals surface area contributed by atoms with Crippen LogP contribution in [-0.4, -0.2) is 33.9 Å². The zero-order chi connectivity index (χ0) is 22.3. The number of aliphatic hydroxyl groups excluding tert-OH is 1. The van der Waals surface area contributed by atoms with E-state index in [0.29, 0.717) is 10.7 Å². The summed E-state index contributed by atoms with van der Waals surface area (Å²) in [7, 11) is 1.36. The quantitative estimate of drug-likeness (QED) is 0.376. The summed E-state index contributed by atoms with van der Waals surface area (Å²) in [5.41, 5.74) is 1.02. The molecule has 1 aliphatic rings. The van der Waals surface area contributed by atoms with Crippen molar-refractivity contribution in [2.75, 3.05) is 12.0 Å². The van der Waals surface area contributed by atoms with E-state index in [-0.39, 0.29) is 16.9 Å². The number of carbonyl (C=O) groups is 2. The molecule has 2 aromatic heterocycles. The molecule has 0 radical (unpaired) electrons. The summed E-state index contributed by atoms with van der Waals surface area (Å²) in [5.74, 6) is -2.73. The Morgan fingerprint density at radius 1 is 1.26 bits per heavy atom. The molecule has 1 N–H and O–H groups in total. The number of methoxy groups -OCH3 is 1. The lowest BCUT2D eigenvalue weighted by Crippen LogP contribution is -2.29. The van der Waals surface area contributed by atoms with Crippen molar-refractivity contribution in [1.82, 2.24) is 9.97 Å². The smallest absolute Gasteiger partial charge is 0.301 e. The van der Waals surface area contributed by atoms with Crippen LogP contribution in [0.4, 0.5) is 9.52 Å². The minimum atomic E-state index is -0.980. The van der Waals surface area contributed by atoms with Crippen LogP contribution in [0.5, 0.6) is 5.75 Å². The van der Waals surface area contributed by atoms with Crippen LogP contribution in [0.15, 0.2) is 48.3 Å². The van der Waals surface area contributed by atoms with Gasteiger partial charge in [0.15, 0.2) is 5.13 Å². The summed E-state index contributed by atoms with van der Waals surface area (Å²) in [5, 5.41) is 11.4. The first-order valence-electron chi connectivity index (χ1n) is 9.32. The number of anilines is 1. The van der Waals surface area contributed by atoms with E-state index in [1.165, 1.54) is 41.7 Å². The summed E-state index contributed by atoms with van der Waals surface area (Å²) >= 11 is 1.27. The van der Waals surface area contributed by atoms with Gasteiger partial charge in [-0.2, -0.15) is 0 Å². The Morgan fingerprint density at radius 2 is 2.03 bits per heavy atom. The van der Waals surface area contributed by atoms with Gasteiger partial charge in [-0.1, -0.05) is 6.07 Å².